The van der Waals surface area contributed by atoms with Gasteiger partial charge in [0.2, 0.25) is 5.43 Å². The number of carboxylic acid groups (broad SMARTS) is 1. The summed E-state index contributed by atoms with van der Waals surface area (Å²) in [6.07, 6.45) is 1.78. The lowest BCUT2D eigenvalue weighted by Gasteiger charge is -2.17. The van der Waals surface area contributed by atoms with Gasteiger partial charge in [-0.15, -0.1) is 0 Å². The Morgan fingerprint density at radius 3 is 2.67 bits per heavy atom. The summed E-state index contributed by atoms with van der Waals surface area (Å²) in [5.41, 5.74) is -0.222. The number of nitrogens with zero attached hydrogens (tertiary/aromatic N) is 1. The summed E-state index contributed by atoms with van der Waals surface area (Å²) >= 11 is 0. The molecular weight excluding hydrogens is 198 g/mol. The number of rotatable bonds is 3. The van der Waals surface area contributed by atoms with Gasteiger partial charge in [0.25, 0.3) is 0 Å². The van der Waals surface area contributed by atoms with Crippen LogP contribution in [0.2, 0.25) is 0 Å². The van der Waals surface area contributed by atoms with E-state index in [1.807, 2.05) is 0 Å². The first-order chi connectivity index (χ1) is 6.99. The van der Waals surface area contributed by atoms with Crippen molar-refractivity contribution in [2.45, 2.75) is 26.3 Å². The largest absolute Gasteiger partial charge is 0.503 e. The van der Waals surface area contributed by atoms with E-state index in [0.29, 0.717) is 6.42 Å². The molecule has 0 amide bonds. The maximum atomic E-state index is 11.1. The molecule has 0 spiro atoms. The van der Waals surface area contributed by atoms with E-state index in [-0.39, 0.29) is 5.69 Å². The lowest BCUT2D eigenvalue weighted by molar-refractivity contribution is -0.141. The van der Waals surface area contributed by atoms with Crippen LogP contribution in [0, 0.1) is 6.92 Å². The molecule has 5 heteroatoms. The molecule has 0 aliphatic rings. The molecule has 0 saturated heterocycles. The highest BCUT2D eigenvalue weighted by Crippen LogP contribution is 2.18. The van der Waals surface area contributed by atoms with Gasteiger partial charge >= 0.3 is 5.97 Å². The highest BCUT2D eigenvalue weighted by Gasteiger charge is 2.19. The Balaban J connectivity index is 3.32. The van der Waals surface area contributed by atoms with Crippen LogP contribution in [0.1, 0.15) is 25.1 Å². The van der Waals surface area contributed by atoms with Gasteiger partial charge in [0.1, 0.15) is 6.04 Å². The quantitative estimate of drug-likeness (QED) is 0.778. The van der Waals surface area contributed by atoms with Crippen LogP contribution >= 0.6 is 0 Å². The number of carboxylic acids is 1. The molecule has 1 unspecified atom stereocenters. The van der Waals surface area contributed by atoms with E-state index in [0.717, 1.165) is 6.07 Å². The maximum absolute atomic E-state index is 11.1. The maximum Gasteiger partial charge on any atom is 0.326 e. The molecule has 1 rings (SSSR count). The van der Waals surface area contributed by atoms with E-state index in [9.17, 15) is 14.7 Å². The predicted molar refractivity (Wildman–Crippen MR) is 54.1 cm³/mol. The molecule has 0 aliphatic carbocycles. The van der Waals surface area contributed by atoms with Crippen LogP contribution in [-0.4, -0.2) is 20.7 Å². The normalized spacial score (nSPS) is 12.4. The highest BCUT2D eigenvalue weighted by atomic mass is 16.4. The Hall–Kier alpha value is -1.78. The molecule has 0 fully saturated rings. The first-order valence-electron chi connectivity index (χ1n) is 4.62. The number of aliphatic carboxylic acids is 1. The molecule has 15 heavy (non-hydrogen) atoms. The van der Waals surface area contributed by atoms with Crippen molar-refractivity contribution < 1.29 is 15.0 Å². The topological polar surface area (TPSA) is 79.5 Å². The summed E-state index contributed by atoms with van der Waals surface area (Å²) < 4.78 is 1.39. The van der Waals surface area contributed by atoms with Crippen LogP contribution in [-0.2, 0) is 4.79 Å². The standard InChI is InChI=1S/C10H13NO4/c1-3-7(10(14)15)11-5-4-8(12)9(13)6(11)2/h4-5,7,13H,3H2,1-2H3,(H,14,15). The molecule has 0 aliphatic heterocycles. The smallest absolute Gasteiger partial charge is 0.326 e. The van der Waals surface area contributed by atoms with Crippen LogP contribution in [0.15, 0.2) is 17.1 Å². The Bertz CT molecular complexity index is 436. The van der Waals surface area contributed by atoms with Crippen LogP contribution in [0.25, 0.3) is 0 Å². The van der Waals surface area contributed by atoms with Crippen molar-refractivity contribution in [3.63, 3.8) is 0 Å². The highest BCUT2D eigenvalue weighted by molar-refractivity contribution is 5.72. The Labute approximate surface area is 86.6 Å². The fraction of sp³-hybridized carbons (Fsp3) is 0.400. The second-order valence-corrected chi connectivity index (χ2v) is 3.28. The summed E-state index contributed by atoms with van der Waals surface area (Å²) in [6.45, 7) is 3.25. The van der Waals surface area contributed by atoms with Crippen molar-refractivity contribution in [2.75, 3.05) is 0 Å². The third-order valence-corrected chi connectivity index (χ3v) is 2.36. The van der Waals surface area contributed by atoms with Crippen molar-refractivity contribution in [3.05, 3.63) is 28.2 Å². The zero-order chi connectivity index (χ0) is 11.6. The van der Waals surface area contributed by atoms with E-state index in [4.69, 9.17) is 5.11 Å². The second-order valence-electron chi connectivity index (χ2n) is 3.28. The zero-order valence-corrected chi connectivity index (χ0v) is 8.60. The summed E-state index contributed by atoms with van der Waals surface area (Å²) in [6, 6.07) is 0.407. The molecule has 2 N–H and O–H groups in total. The van der Waals surface area contributed by atoms with Gasteiger partial charge < -0.3 is 14.8 Å². The van der Waals surface area contributed by atoms with E-state index in [1.165, 1.54) is 17.7 Å². The van der Waals surface area contributed by atoms with Gasteiger partial charge in [-0.05, 0) is 13.3 Å². The molecular formula is C10H13NO4. The average Bonchev–Trinajstić information content (AvgIpc) is 2.18. The SMILES string of the molecule is CCC(C(=O)O)n1ccc(=O)c(O)c1C. The molecule has 0 bridgehead atoms. The van der Waals surface area contributed by atoms with Crippen molar-refractivity contribution >= 4 is 5.97 Å². The number of hydrogen-bond donors (Lipinski definition) is 2. The van der Waals surface area contributed by atoms with E-state index >= 15 is 0 Å². The minimum Gasteiger partial charge on any atom is -0.503 e. The van der Waals surface area contributed by atoms with Gasteiger partial charge in [-0.3, -0.25) is 4.79 Å². The molecule has 82 valence electrons. The lowest BCUT2D eigenvalue weighted by Crippen LogP contribution is -2.21. The summed E-state index contributed by atoms with van der Waals surface area (Å²) in [7, 11) is 0. The minimum atomic E-state index is -0.983. The fourth-order valence-electron chi connectivity index (χ4n) is 1.47. The van der Waals surface area contributed by atoms with E-state index in [2.05, 4.69) is 0 Å². The van der Waals surface area contributed by atoms with Gasteiger partial charge in [0.05, 0.1) is 5.69 Å². The molecule has 0 aromatic carbocycles. The lowest BCUT2D eigenvalue weighted by atomic mass is 10.2. The number of aromatic nitrogens is 1. The molecule has 1 aromatic heterocycles. The third-order valence-electron chi connectivity index (χ3n) is 2.36. The number of pyridine rings is 1. The van der Waals surface area contributed by atoms with Crippen LogP contribution in [0.5, 0.6) is 5.75 Å². The molecule has 1 atom stereocenters. The van der Waals surface area contributed by atoms with Gasteiger partial charge in [-0.25, -0.2) is 4.79 Å². The Kier molecular flexibility index (Phi) is 3.14. The summed E-state index contributed by atoms with van der Waals surface area (Å²) in [5.74, 6) is -1.37. The van der Waals surface area contributed by atoms with Crippen molar-refractivity contribution in [2.24, 2.45) is 0 Å². The third kappa shape index (κ3) is 2.01. The predicted octanol–water partition coefficient (Wildman–Crippen LogP) is 0.898. The first-order valence-corrected chi connectivity index (χ1v) is 4.62. The van der Waals surface area contributed by atoms with Crippen LogP contribution in [0.3, 0.4) is 0 Å². The first kappa shape index (κ1) is 11.3. The fourth-order valence-corrected chi connectivity index (χ4v) is 1.47. The zero-order valence-electron chi connectivity index (χ0n) is 8.60. The monoisotopic (exact) mass is 211 g/mol. The summed E-state index contributed by atoms with van der Waals surface area (Å²) in [4.78, 5) is 22.0. The average molecular weight is 211 g/mol. The molecule has 0 saturated carbocycles. The van der Waals surface area contributed by atoms with Crippen LogP contribution < -0.4 is 5.43 Å². The number of aromatic hydroxyl groups is 1. The van der Waals surface area contributed by atoms with Crippen molar-refractivity contribution in [3.8, 4) is 5.75 Å². The minimum absolute atomic E-state index is 0.275. The van der Waals surface area contributed by atoms with Crippen molar-refractivity contribution in [1.82, 2.24) is 4.57 Å². The second kappa shape index (κ2) is 4.16. The van der Waals surface area contributed by atoms with Gasteiger partial charge in [0, 0.05) is 12.3 Å². The Morgan fingerprint density at radius 2 is 2.20 bits per heavy atom. The van der Waals surface area contributed by atoms with E-state index in [1.54, 1.807) is 6.92 Å². The Morgan fingerprint density at radius 1 is 1.60 bits per heavy atom. The van der Waals surface area contributed by atoms with Crippen LogP contribution in [0.4, 0.5) is 0 Å². The number of hydrogen-bond acceptors (Lipinski definition) is 3. The molecule has 1 heterocycles. The van der Waals surface area contributed by atoms with Crippen molar-refractivity contribution in [1.29, 1.82) is 0 Å². The molecule has 1 aromatic rings. The number of carbonyl (C=O) groups is 1. The van der Waals surface area contributed by atoms with Gasteiger partial charge in [0.15, 0.2) is 5.75 Å². The molecule has 5 nitrogen and oxygen atoms in total. The summed E-state index contributed by atoms with van der Waals surface area (Å²) in [5, 5.41) is 18.3. The van der Waals surface area contributed by atoms with Gasteiger partial charge in [-0.1, -0.05) is 6.92 Å². The van der Waals surface area contributed by atoms with Gasteiger partial charge in [-0.2, -0.15) is 0 Å². The molecule has 0 radical (unpaired) electrons. The van der Waals surface area contributed by atoms with E-state index < -0.39 is 23.2 Å².